The second-order valence-corrected chi connectivity index (χ2v) is 6.36. The number of benzene rings is 2. The number of hydrogen-bond acceptors (Lipinski definition) is 0. The molecule has 0 N–H and O–H groups in total. The summed E-state index contributed by atoms with van der Waals surface area (Å²) in [6.45, 7) is 1.58. The summed E-state index contributed by atoms with van der Waals surface area (Å²) in [5.41, 5.74) is 1.36. The molecular weight excluding hydrogens is 401 g/mol. The molecule has 2 rings (SSSR count). The molecule has 0 radical (unpaired) electrons. The van der Waals surface area contributed by atoms with E-state index >= 15 is 0 Å². The van der Waals surface area contributed by atoms with Crippen molar-refractivity contribution in [2.24, 2.45) is 0 Å². The lowest BCUT2D eigenvalue weighted by atomic mass is 10.0. The van der Waals surface area contributed by atoms with Crippen LogP contribution >= 0.6 is 43.5 Å². The fourth-order valence-electron chi connectivity index (χ4n) is 1.75. The van der Waals surface area contributed by atoms with E-state index in [1.54, 1.807) is 13.0 Å². The molecule has 0 aliphatic rings. The maximum Gasteiger partial charge on any atom is 0.131 e. The van der Waals surface area contributed by atoms with Gasteiger partial charge in [-0.15, -0.1) is 11.6 Å². The molecule has 0 aliphatic heterocycles. The third-order valence-electron chi connectivity index (χ3n) is 2.78. The summed E-state index contributed by atoms with van der Waals surface area (Å²) in [6, 6.07) is 7.79. The highest BCUT2D eigenvalue weighted by Gasteiger charge is 2.19. The van der Waals surface area contributed by atoms with Gasteiger partial charge in [0.25, 0.3) is 0 Å². The largest absolute Gasteiger partial charge is 0.207 e. The molecule has 1 unspecified atom stereocenters. The van der Waals surface area contributed by atoms with Gasteiger partial charge >= 0.3 is 0 Å². The molecule has 0 fully saturated rings. The average Bonchev–Trinajstić information content (AvgIpc) is 2.36. The second-order valence-electron chi connectivity index (χ2n) is 4.15. The average molecular weight is 410 g/mol. The van der Waals surface area contributed by atoms with Crippen LogP contribution in [0.5, 0.6) is 0 Å². The van der Waals surface area contributed by atoms with Crippen molar-refractivity contribution in [2.45, 2.75) is 12.3 Å². The van der Waals surface area contributed by atoms with Crippen LogP contribution in [0.4, 0.5) is 8.78 Å². The van der Waals surface area contributed by atoms with Gasteiger partial charge in [0.1, 0.15) is 11.6 Å². The first kappa shape index (κ1) is 14.9. The van der Waals surface area contributed by atoms with Crippen LogP contribution in [-0.2, 0) is 0 Å². The molecule has 2 aromatic carbocycles. The molecule has 0 bridgehead atoms. The Morgan fingerprint density at radius 1 is 1.00 bits per heavy atom. The Morgan fingerprint density at radius 3 is 2.37 bits per heavy atom. The lowest BCUT2D eigenvalue weighted by Gasteiger charge is -2.14. The monoisotopic (exact) mass is 408 g/mol. The molecule has 5 heteroatoms. The van der Waals surface area contributed by atoms with E-state index in [4.69, 9.17) is 11.6 Å². The van der Waals surface area contributed by atoms with Crippen LogP contribution in [0.25, 0.3) is 0 Å². The van der Waals surface area contributed by atoms with Crippen molar-refractivity contribution in [1.82, 2.24) is 0 Å². The van der Waals surface area contributed by atoms with E-state index < -0.39 is 17.0 Å². The smallest absolute Gasteiger partial charge is 0.131 e. The zero-order chi connectivity index (χ0) is 14.2. The number of hydrogen-bond donors (Lipinski definition) is 0. The number of rotatable bonds is 2. The standard InChI is InChI=1S/C14H9Br2ClF2/c1-7-4-10(13(19)6-12(7)18)14(17)9-5-8(15)2-3-11(9)16/h2-6,14H,1H3. The second kappa shape index (κ2) is 5.90. The normalized spacial score (nSPS) is 12.5. The van der Waals surface area contributed by atoms with Crippen LogP contribution in [0.3, 0.4) is 0 Å². The van der Waals surface area contributed by atoms with Crippen LogP contribution in [0.1, 0.15) is 22.1 Å². The van der Waals surface area contributed by atoms with Gasteiger partial charge in [0, 0.05) is 20.6 Å². The van der Waals surface area contributed by atoms with Gasteiger partial charge < -0.3 is 0 Å². The number of halogens is 5. The Labute approximate surface area is 132 Å². The van der Waals surface area contributed by atoms with Crippen LogP contribution in [-0.4, -0.2) is 0 Å². The summed E-state index contributed by atoms with van der Waals surface area (Å²) in [7, 11) is 0. The molecule has 0 nitrogen and oxygen atoms in total. The lowest BCUT2D eigenvalue weighted by Crippen LogP contribution is -2.00. The molecule has 0 aromatic heterocycles. The van der Waals surface area contributed by atoms with Crippen molar-refractivity contribution in [2.75, 3.05) is 0 Å². The van der Waals surface area contributed by atoms with E-state index in [1.165, 1.54) is 6.07 Å². The molecule has 19 heavy (non-hydrogen) atoms. The highest BCUT2D eigenvalue weighted by molar-refractivity contribution is 9.11. The molecular formula is C14H9Br2ClF2. The minimum absolute atomic E-state index is 0.263. The molecule has 0 heterocycles. The Bertz CT molecular complexity index is 629. The van der Waals surface area contributed by atoms with Crippen molar-refractivity contribution < 1.29 is 8.78 Å². The van der Waals surface area contributed by atoms with Crippen molar-refractivity contribution >= 4 is 43.5 Å². The molecule has 1 atom stereocenters. The van der Waals surface area contributed by atoms with E-state index in [2.05, 4.69) is 31.9 Å². The highest BCUT2D eigenvalue weighted by atomic mass is 79.9. The van der Waals surface area contributed by atoms with Crippen LogP contribution in [0.15, 0.2) is 39.3 Å². The van der Waals surface area contributed by atoms with Gasteiger partial charge in [0.15, 0.2) is 0 Å². The Kier molecular flexibility index (Phi) is 4.64. The van der Waals surface area contributed by atoms with Gasteiger partial charge in [0.05, 0.1) is 5.38 Å². The topological polar surface area (TPSA) is 0 Å². The fourth-order valence-corrected chi connectivity index (χ4v) is 3.08. The van der Waals surface area contributed by atoms with Gasteiger partial charge in [-0.2, -0.15) is 0 Å². The van der Waals surface area contributed by atoms with E-state index in [0.29, 0.717) is 5.56 Å². The van der Waals surface area contributed by atoms with E-state index in [1.807, 2.05) is 12.1 Å². The zero-order valence-electron chi connectivity index (χ0n) is 9.85. The highest BCUT2D eigenvalue weighted by Crippen LogP contribution is 2.37. The van der Waals surface area contributed by atoms with Crippen LogP contribution in [0.2, 0.25) is 0 Å². The number of alkyl halides is 1. The first-order chi connectivity index (χ1) is 8.90. The van der Waals surface area contributed by atoms with Gasteiger partial charge in [-0.3, -0.25) is 0 Å². The van der Waals surface area contributed by atoms with Gasteiger partial charge in [-0.1, -0.05) is 31.9 Å². The van der Waals surface area contributed by atoms with Crippen molar-refractivity contribution in [3.63, 3.8) is 0 Å². The predicted molar refractivity (Wildman–Crippen MR) is 80.6 cm³/mol. The maximum absolute atomic E-state index is 13.8. The van der Waals surface area contributed by atoms with Gasteiger partial charge in [-0.05, 0) is 42.3 Å². The Balaban J connectivity index is 2.52. The molecule has 2 aromatic rings. The number of aryl methyl sites for hydroxylation is 1. The predicted octanol–water partition coefficient (Wildman–Crippen LogP) is 6.13. The van der Waals surface area contributed by atoms with Gasteiger partial charge in [0.2, 0.25) is 0 Å². The summed E-state index contributed by atoms with van der Waals surface area (Å²) < 4.78 is 28.7. The van der Waals surface area contributed by atoms with E-state index in [9.17, 15) is 8.78 Å². The van der Waals surface area contributed by atoms with Crippen LogP contribution < -0.4 is 0 Å². The minimum Gasteiger partial charge on any atom is -0.207 e. The zero-order valence-corrected chi connectivity index (χ0v) is 13.8. The molecule has 0 spiro atoms. The van der Waals surface area contributed by atoms with Crippen molar-refractivity contribution in [1.29, 1.82) is 0 Å². The third kappa shape index (κ3) is 3.18. The fraction of sp³-hybridized carbons (Fsp3) is 0.143. The van der Waals surface area contributed by atoms with E-state index in [0.717, 1.165) is 20.6 Å². The molecule has 0 saturated heterocycles. The lowest BCUT2D eigenvalue weighted by molar-refractivity contribution is 0.568. The third-order valence-corrected chi connectivity index (χ3v) is 4.47. The Morgan fingerprint density at radius 2 is 1.68 bits per heavy atom. The summed E-state index contributed by atoms with van der Waals surface area (Å²) in [5, 5.41) is -0.689. The van der Waals surface area contributed by atoms with Crippen molar-refractivity contribution in [3.05, 3.63) is 67.6 Å². The quantitative estimate of drug-likeness (QED) is 0.523. The molecule has 100 valence electrons. The van der Waals surface area contributed by atoms with E-state index in [-0.39, 0.29) is 5.56 Å². The molecule has 0 amide bonds. The van der Waals surface area contributed by atoms with Gasteiger partial charge in [-0.25, -0.2) is 8.78 Å². The Hall–Kier alpha value is -0.450. The molecule has 0 aliphatic carbocycles. The first-order valence-electron chi connectivity index (χ1n) is 5.44. The SMILES string of the molecule is Cc1cc(C(Cl)c2cc(Br)ccc2Br)c(F)cc1F. The summed E-state index contributed by atoms with van der Waals surface area (Å²) >= 11 is 13.1. The first-order valence-corrected chi connectivity index (χ1v) is 7.47. The minimum atomic E-state index is -0.689. The summed E-state index contributed by atoms with van der Waals surface area (Å²) in [6.07, 6.45) is 0. The summed E-state index contributed by atoms with van der Waals surface area (Å²) in [5.74, 6) is -1.21. The van der Waals surface area contributed by atoms with Crippen LogP contribution in [0, 0.1) is 18.6 Å². The maximum atomic E-state index is 13.8. The van der Waals surface area contributed by atoms with Crippen molar-refractivity contribution in [3.8, 4) is 0 Å². The molecule has 0 saturated carbocycles. The summed E-state index contributed by atoms with van der Waals surface area (Å²) in [4.78, 5) is 0.